The second-order valence-electron chi connectivity index (χ2n) is 4.41. The monoisotopic (exact) mass is 337 g/mol. The van der Waals surface area contributed by atoms with E-state index in [0.717, 1.165) is 15.7 Å². The Kier molecular flexibility index (Phi) is 4.44. The number of carbonyl (C=O) groups is 1. The van der Waals surface area contributed by atoms with Crippen molar-refractivity contribution in [2.24, 2.45) is 7.05 Å². The van der Waals surface area contributed by atoms with Crippen LogP contribution in [0.15, 0.2) is 28.9 Å². The van der Waals surface area contributed by atoms with E-state index in [4.69, 9.17) is 4.74 Å². The third-order valence-corrected chi connectivity index (χ3v) is 3.68. The topological polar surface area (TPSA) is 56.1 Å². The van der Waals surface area contributed by atoms with Crippen LogP contribution in [0, 0.1) is 6.92 Å². The maximum atomic E-state index is 12.2. The van der Waals surface area contributed by atoms with Crippen molar-refractivity contribution in [1.82, 2.24) is 15.1 Å². The number of benzene rings is 1. The molecule has 2 rings (SSSR count). The zero-order valence-corrected chi connectivity index (χ0v) is 13.2. The maximum absolute atomic E-state index is 12.2. The van der Waals surface area contributed by atoms with Gasteiger partial charge in [-0.3, -0.25) is 9.48 Å². The van der Waals surface area contributed by atoms with E-state index in [2.05, 4.69) is 26.3 Å². The summed E-state index contributed by atoms with van der Waals surface area (Å²) in [5.74, 6) is 0.373. The molecule has 5 nitrogen and oxygen atoms in total. The molecular weight excluding hydrogens is 322 g/mol. The summed E-state index contributed by atoms with van der Waals surface area (Å²) in [6.07, 6.45) is 1.76. The van der Waals surface area contributed by atoms with E-state index in [1.807, 2.05) is 20.0 Å². The highest BCUT2D eigenvalue weighted by molar-refractivity contribution is 9.10. The molecule has 0 aliphatic carbocycles. The Morgan fingerprint density at radius 1 is 1.50 bits per heavy atom. The predicted octanol–water partition coefficient (Wildman–Crippen LogP) is 2.43. The Balaban J connectivity index is 2.11. The molecule has 0 radical (unpaired) electrons. The summed E-state index contributed by atoms with van der Waals surface area (Å²) in [4.78, 5) is 12.2. The van der Waals surface area contributed by atoms with Gasteiger partial charge in [-0.2, -0.15) is 5.10 Å². The molecule has 0 atom stereocenters. The number of hydrogen-bond acceptors (Lipinski definition) is 3. The minimum atomic E-state index is -0.169. The van der Waals surface area contributed by atoms with E-state index < -0.39 is 0 Å². The molecule has 0 fully saturated rings. The van der Waals surface area contributed by atoms with Gasteiger partial charge in [0.2, 0.25) is 0 Å². The molecule has 1 aromatic heterocycles. The molecule has 0 bridgehead atoms. The molecule has 0 saturated carbocycles. The zero-order valence-electron chi connectivity index (χ0n) is 11.6. The largest absolute Gasteiger partial charge is 0.496 e. The van der Waals surface area contributed by atoms with E-state index in [1.165, 1.54) is 0 Å². The molecule has 0 aliphatic heterocycles. The number of amides is 1. The van der Waals surface area contributed by atoms with Gasteiger partial charge in [0, 0.05) is 29.3 Å². The first kappa shape index (κ1) is 14.6. The molecular formula is C14H16BrN3O2. The van der Waals surface area contributed by atoms with Crippen molar-refractivity contribution >= 4 is 21.8 Å². The highest BCUT2D eigenvalue weighted by Gasteiger charge is 2.13. The van der Waals surface area contributed by atoms with Crippen molar-refractivity contribution in [3.63, 3.8) is 0 Å². The first-order valence-corrected chi connectivity index (χ1v) is 6.91. The van der Waals surface area contributed by atoms with Crippen molar-refractivity contribution in [1.29, 1.82) is 0 Å². The smallest absolute Gasteiger partial charge is 0.255 e. The van der Waals surface area contributed by atoms with Crippen LogP contribution < -0.4 is 10.1 Å². The molecule has 106 valence electrons. The van der Waals surface area contributed by atoms with Crippen LogP contribution >= 0.6 is 15.9 Å². The molecule has 0 spiro atoms. The standard InChI is InChI=1S/C14H16BrN3O2/c1-9-10(8-17-18(9)2)7-16-14(19)12-5-4-11(15)6-13(12)20-3/h4-6,8H,7H2,1-3H3,(H,16,19). The highest BCUT2D eigenvalue weighted by Crippen LogP contribution is 2.23. The second-order valence-corrected chi connectivity index (χ2v) is 5.32. The van der Waals surface area contributed by atoms with E-state index >= 15 is 0 Å². The van der Waals surface area contributed by atoms with Gasteiger partial charge in [-0.15, -0.1) is 0 Å². The quantitative estimate of drug-likeness (QED) is 0.932. The molecule has 0 unspecified atom stereocenters. The van der Waals surface area contributed by atoms with Crippen LogP contribution in [0.3, 0.4) is 0 Å². The number of methoxy groups -OCH3 is 1. The minimum absolute atomic E-state index is 0.169. The SMILES string of the molecule is COc1cc(Br)ccc1C(=O)NCc1cnn(C)c1C. The van der Waals surface area contributed by atoms with Crippen molar-refractivity contribution in [3.05, 3.63) is 45.7 Å². The molecule has 1 heterocycles. The Morgan fingerprint density at radius 3 is 2.85 bits per heavy atom. The van der Waals surface area contributed by atoms with Crippen molar-refractivity contribution in [2.45, 2.75) is 13.5 Å². The molecule has 0 saturated heterocycles. The third-order valence-electron chi connectivity index (χ3n) is 3.18. The number of aromatic nitrogens is 2. The average Bonchev–Trinajstić information content (AvgIpc) is 2.76. The van der Waals surface area contributed by atoms with Crippen molar-refractivity contribution in [2.75, 3.05) is 7.11 Å². The van der Waals surface area contributed by atoms with Crippen LogP contribution in [-0.2, 0) is 13.6 Å². The lowest BCUT2D eigenvalue weighted by molar-refractivity contribution is 0.0948. The number of hydrogen-bond donors (Lipinski definition) is 1. The number of ether oxygens (including phenoxy) is 1. The van der Waals surface area contributed by atoms with Gasteiger partial charge in [0.1, 0.15) is 5.75 Å². The number of nitrogens with zero attached hydrogens (tertiary/aromatic N) is 2. The van der Waals surface area contributed by atoms with E-state index in [-0.39, 0.29) is 5.91 Å². The Hall–Kier alpha value is -1.82. The van der Waals surface area contributed by atoms with Gasteiger partial charge in [0.25, 0.3) is 5.91 Å². The van der Waals surface area contributed by atoms with E-state index in [1.54, 1.807) is 30.1 Å². The Bertz CT molecular complexity index is 637. The lowest BCUT2D eigenvalue weighted by atomic mass is 10.2. The molecule has 2 aromatic rings. The van der Waals surface area contributed by atoms with Crippen LogP contribution in [0.5, 0.6) is 5.75 Å². The average molecular weight is 338 g/mol. The third kappa shape index (κ3) is 3.01. The number of carbonyl (C=O) groups excluding carboxylic acids is 1. The fraction of sp³-hybridized carbons (Fsp3) is 0.286. The Morgan fingerprint density at radius 2 is 2.25 bits per heavy atom. The molecule has 6 heteroatoms. The second kappa shape index (κ2) is 6.09. The minimum Gasteiger partial charge on any atom is -0.496 e. The van der Waals surface area contributed by atoms with Crippen LogP contribution in [0.25, 0.3) is 0 Å². The van der Waals surface area contributed by atoms with Crippen molar-refractivity contribution < 1.29 is 9.53 Å². The summed E-state index contributed by atoms with van der Waals surface area (Å²) in [6, 6.07) is 5.31. The lowest BCUT2D eigenvalue weighted by Crippen LogP contribution is -2.23. The van der Waals surface area contributed by atoms with Crippen LogP contribution in [-0.4, -0.2) is 22.8 Å². The molecule has 1 N–H and O–H groups in total. The van der Waals surface area contributed by atoms with Gasteiger partial charge in [-0.1, -0.05) is 15.9 Å². The van der Waals surface area contributed by atoms with Gasteiger partial charge >= 0.3 is 0 Å². The van der Waals surface area contributed by atoms with Crippen molar-refractivity contribution in [3.8, 4) is 5.75 Å². The fourth-order valence-corrected chi connectivity index (χ4v) is 2.18. The number of aryl methyl sites for hydroxylation is 1. The summed E-state index contributed by atoms with van der Waals surface area (Å²) in [6.45, 7) is 2.41. The first-order valence-electron chi connectivity index (χ1n) is 6.12. The van der Waals surface area contributed by atoms with Crippen LogP contribution in [0.1, 0.15) is 21.6 Å². The molecule has 20 heavy (non-hydrogen) atoms. The van der Waals surface area contributed by atoms with Gasteiger partial charge in [0.05, 0.1) is 18.9 Å². The molecule has 0 aliphatic rings. The van der Waals surface area contributed by atoms with Crippen LogP contribution in [0.4, 0.5) is 0 Å². The zero-order chi connectivity index (χ0) is 14.7. The van der Waals surface area contributed by atoms with Gasteiger partial charge in [0.15, 0.2) is 0 Å². The fourth-order valence-electron chi connectivity index (χ4n) is 1.84. The number of nitrogens with one attached hydrogen (secondary N) is 1. The summed E-state index contributed by atoms with van der Waals surface area (Å²) in [7, 11) is 3.42. The first-order chi connectivity index (χ1) is 9.52. The highest BCUT2D eigenvalue weighted by atomic mass is 79.9. The summed E-state index contributed by atoms with van der Waals surface area (Å²) in [5.41, 5.74) is 2.54. The predicted molar refractivity (Wildman–Crippen MR) is 79.8 cm³/mol. The normalized spacial score (nSPS) is 10.4. The Labute approximate surface area is 126 Å². The van der Waals surface area contributed by atoms with Gasteiger partial charge in [-0.05, 0) is 25.1 Å². The maximum Gasteiger partial charge on any atom is 0.255 e. The van der Waals surface area contributed by atoms with Gasteiger partial charge < -0.3 is 10.1 Å². The van der Waals surface area contributed by atoms with E-state index in [9.17, 15) is 4.79 Å². The summed E-state index contributed by atoms with van der Waals surface area (Å²) in [5, 5.41) is 7.02. The molecule has 1 amide bonds. The molecule has 1 aromatic carbocycles. The van der Waals surface area contributed by atoms with Gasteiger partial charge in [-0.25, -0.2) is 0 Å². The lowest BCUT2D eigenvalue weighted by Gasteiger charge is -2.09. The van der Waals surface area contributed by atoms with Crippen LogP contribution in [0.2, 0.25) is 0 Å². The summed E-state index contributed by atoms with van der Waals surface area (Å²) >= 11 is 3.35. The number of rotatable bonds is 4. The summed E-state index contributed by atoms with van der Waals surface area (Å²) < 4.78 is 7.87. The van der Waals surface area contributed by atoms with E-state index in [0.29, 0.717) is 17.9 Å². The number of halogens is 1.